The largest absolute Gasteiger partial charge is 0.507 e. The van der Waals surface area contributed by atoms with Crippen LogP contribution in [0.15, 0.2) is 12.1 Å². The quantitative estimate of drug-likeness (QED) is 0.746. The van der Waals surface area contributed by atoms with Crippen molar-refractivity contribution < 1.29 is 15.0 Å². The van der Waals surface area contributed by atoms with Crippen molar-refractivity contribution in [2.45, 2.75) is 33.1 Å². The van der Waals surface area contributed by atoms with E-state index in [1.165, 1.54) is 6.07 Å². The van der Waals surface area contributed by atoms with E-state index in [1.807, 2.05) is 20.8 Å². The van der Waals surface area contributed by atoms with Gasteiger partial charge in [-0.15, -0.1) is 0 Å². The first kappa shape index (κ1) is 11.6. The minimum atomic E-state index is -1.09. The molecule has 0 saturated heterocycles. The second-order valence-corrected chi connectivity index (χ2v) is 4.69. The highest BCUT2D eigenvalue weighted by Crippen LogP contribution is 2.31. The summed E-state index contributed by atoms with van der Waals surface area (Å²) >= 11 is 0. The predicted molar refractivity (Wildman–Crippen MR) is 58.5 cm³/mol. The molecular weight excluding hydrogens is 192 g/mol. The molecular formula is C12H16O3. The number of hydrogen-bond donors (Lipinski definition) is 2. The maximum absolute atomic E-state index is 11.0. The number of benzene rings is 1. The van der Waals surface area contributed by atoms with Crippen molar-refractivity contribution in [1.29, 1.82) is 0 Å². The van der Waals surface area contributed by atoms with Crippen molar-refractivity contribution in [2.24, 2.45) is 0 Å². The Labute approximate surface area is 89.4 Å². The molecule has 0 aromatic heterocycles. The van der Waals surface area contributed by atoms with Crippen LogP contribution in [0.25, 0.3) is 0 Å². The molecule has 1 rings (SSSR count). The van der Waals surface area contributed by atoms with Gasteiger partial charge in [0.2, 0.25) is 0 Å². The Bertz CT molecular complexity index is 400. The van der Waals surface area contributed by atoms with Gasteiger partial charge >= 0.3 is 5.97 Å². The second-order valence-electron chi connectivity index (χ2n) is 4.69. The maximum Gasteiger partial charge on any atom is 0.339 e. The van der Waals surface area contributed by atoms with Gasteiger partial charge in [-0.2, -0.15) is 0 Å². The minimum absolute atomic E-state index is 0.00225. The number of phenols is 1. The Hall–Kier alpha value is -1.51. The van der Waals surface area contributed by atoms with Crippen molar-refractivity contribution in [3.8, 4) is 5.75 Å². The van der Waals surface area contributed by atoms with Crippen molar-refractivity contribution >= 4 is 5.97 Å². The van der Waals surface area contributed by atoms with Crippen molar-refractivity contribution in [3.63, 3.8) is 0 Å². The summed E-state index contributed by atoms with van der Waals surface area (Å²) in [7, 11) is 0. The summed E-state index contributed by atoms with van der Waals surface area (Å²) in [5.74, 6) is -1.26. The van der Waals surface area contributed by atoms with Crippen LogP contribution in [-0.2, 0) is 5.41 Å². The third-order valence-corrected chi connectivity index (χ3v) is 2.46. The first-order valence-electron chi connectivity index (χ1n) is 4.81. The summed E-state index contributed by atoms with van der Waals surface area (Å²) < 4.78 is 0. The maximum atomic E-state index is 11.0. The Morgan fingerprint density at radius 1 is 1.27 bits per heavy atom. The summed E-state index contributed by atoms with van der Waals surface area (Å²) in [4.78, 5) is 11.0. The van der Waals surface area contributed by atoms with Crippen LogP contribution < -0.4 is 0 Å². The van der Waals surface area contributed by atoms with Gasteiger partial charge in [-0.25, -0.2) is 4.79 Å². The lowest BCUT2D eigenvalue weighted by Gasteiger charge is -2.22. The van der Waals surface area contributed by atoms with Gasteiger partial charge in [-0.3, -0.25) is 0 Å². The van der Waals surface area contributed by atoms with Crippen LogP contribution in [0.4, 0.5) is 0 Å². The molecule has 0 amide bonds. The highest BCUT2D eigenvalue weighted by Gasteiger charge is 2.22. The molecule has 0 spiro atoms. The molecule has 3 nitrogen and oxygen atoms in total. The molecule has 2 N–H and O–H groups in total. The molecule has 0 fully saturated rings. The molecule has 0 aliphatic heterocycles. The Kier molecular flexibility index (Phi) is 2.75. The van der Waals surface area contributed by atoms with E-state index in [-0.39, 0.29) is 16.7 Å². The lowest BCUT2D eigenvalue weighted by molar-refractivity contribution is 0.0692. The van der Waals surface area contributed by atoms with Gasteiger partial charge in [0.25, 0.3) is 0 Å². The van der Waals surface area contributed by atoms with E-state index in [0.29, 0.717) is 5.56 Å². The van der Waals surface area contributed by atoms with Crippen LogP contribution in [0.3, 0.4) is 0 Å². The van der Waals surface area contributed by atoms with E-state index in [0.717, 1.165) is 5.56 Å². The van der Waals surface area contributed by atoms with Gasteiger partial charge in [-0.05, 0) is 29.5 Å². The Morgan fingerprint density at radius 3 is 2.20 bits per heavy atom. The van der Waals surface area contributed by atoms with Gasteiger partial charge in [-0.1, -0.05) is 26.8 Å². The number of aromatic carboxylic acids is 1. The minimum Gasteiger partial charge on any atom is -0.507 e. The fourth-order valence-corrected chi connectivity index (χ4v) is 1.78. The summed E-state index contributed by atoms with van der Waals surface area (Å²) in [6.45, 7) is 7.76. The van der Waals surface area contributed by atoms with Crippen molar-refractivity contribution in [3.05, 3.63) is 28.8 Å². The first-order valence-corrected chi connectivity index (χ1v) is 4.81. The van der Waals surface area contributed by atoms with Gasteiger partial charge in [0.1, 0.15) is 11.3 Å². The number of aromatic hydroxyl groups is 1. The molecule has 0 heterocycles. The molecule has 82 valence electrons. The molecule has 0 bridgehead atoms. The molecule has 0 atom stereocenters. The number of carboxylic acids is 1. The van der Waals surface area contributed by atoms with E-state index in [9.17, 15) is 9.90 Å². The number of rotatable bonds is 1. The van der Waals surface area contributed by atoms with Crippen LogP contribution in [0.2, 0.25) is 0 Å². The predicted octanol–water partition coefficient (Wildman–Crippen LogP) is 2.70. The number of carboxylic acid groups (broad SMARTS) is 1. The van der Waals surface area contributed by atoms with Crippen LogP contribution in [0.5, 0.6) is 5.75 Å². The topological polar surface area (TPSA) is 57.5 Å². The monoisotopic (exact) mass is 208 g/mol. The fraction of sp³-hybridized carbons (Fsp3) is 0.417. The van der Waals surface area contributed by atoms with Crippen LogP contribution in [0, 0.1) is 6.92 Å². The lowest BCUT2D eigenvalue weighted by atomic mass is 9.82. The fourth-order valence-electron chi connectivity index (χ4n) is 1.78. The van der Waals surface area contributed by atoms with Gasteiger partial charge < -0.3 is 10.2 Å². The van der Waals surface area contributed by atoms with Crippen molar-refractivity contribution in [1.82, 2.24) is 0 Å². The highest BCUT2D eigenvalue weighted by molar-refractivity contribution is 5.93. The third kappa shape index (κ3) is 2.12. The standard InChI is InChI=1S/C12H16O3/c1-7-8(12(2,3)4)5-6-9(13)10(7)11(14)15/h5-6,13H,1-4H3,(H,14,15). The normalized spacial score (nSPS) is 11.5. The molecule has 0 aliphatic carbocycles. The average molecular weight is 208 g/mol. The smallest absolute Gasteiger partial charge is 0.339 e. The number of carbonyl (C=O) groups is 1. The molecule has 0 saturated carbocycles. The molecule has 1 aromatic rings. The molecule has 0 aliphatic rings. The first-order chi connectivity index (χ1) is 6.75. The Morgan fingerprint density at radius 2 is 1.80 bits per heavy atom. The lowest BCUT2D eigenvalue weighted by Crippen LogP contribution is -2.15. The summed E-state index contributed by atoms with van der Waals surface area (Å²) in [6.07, 6.45) is 0. The SMILES string of the molecule is Cc1c(C(C)(C)C)ccc(O)c1C(=O)O. The molecule has 0 radical (unpaired) electrons. The molecule has 0 unspecified atom stereocenters. The molecule has 15 heavy (non-hydrogen) atoms. The van der Waals surface area contributed by atoms with E-state index in [2.05, 4.69) is 0 Å². The summed E-state index contributed by atoms with van der Waals surface area (Å²) in [5, 5.41) is 18.4. The highest BCUT2D eigenvalue weighted by atomic mass is 16.4. The van der Waals surface area contributed by atoms with Crippen LogP contribution in [-0.4, -0.2) is 16.2 Å². The number of hydrogen-bond acceptors (Lipinski definition) is 2. The Balaban J connectivity index is 3.49. The van der Waals surface area contributed by atoms with E-state index < -0.39 is 5.97 Å². The zero-order valence-electron chi connectivity index (χ0n) is 9.46. The zero-order valence-corrected chi connectivity index (χ0v) is 9.46. The molecule has 3 heteroatoms. The van der Waals surface area contributed by atoms with Crippen LogP contribution >= 0.6 is 0 Å². The average Bonchev–Trinajstić information content (AvgIpc) is 2.00. The van der Waals surface area contributed by atoms with E-state index in [1.54, 1.807) is 13.0 Å². The third-order valence-electron chi connectivity index (χ3n) is 2.46. The van der Waals surface area contributed by atoms with E-state index in [4.69, 9.17) is 5.11 Å². The summed E-state index contributed by atoms with van der Waals surface area (Å²) in [6, 6.07) is 3.22. The summed E-state index contributed by atoms with van der Waals surface area (Å²) in [5.41, 5.74) is 1.46. The van der Waals surface area contributed by atoms with E-state index >= 15 is 0 Å². The zero-order chi connectivity index (χ0) is 11.8. The van der Waals surface area contributed by atoms with Gasteiger partial charge in [0.15, 0.2) is 0 Å². The van der Waals surface area contributed by atoms with Gasteiger partial charge in [0, 0.05) is 0 Å². The second kappa shape index (κ2) is 3.57. The van der Waals surface area contributed by atoms with Crippen LogP contribution in [0.1, 0.15) is 42.3 Å². The van der Waals surface area contributed by atoms with Crippen molar-refractivity contribution in [2.75, 3.05) is 0 Å². The molecule has 1 aromatic carbocycles. The van der Waals surface area contributed by atoms with Gasteiger partial charge in [0.05, 0.1) is 0 Å².